The van der Waals surface area contributed by atoms with E-state index in [4.69, 9.17) is 0 Å². The van der Waals surface area contributed by atoms with Gasteiger partial charge in [-0.3, -0.25) is 0 Å². The van der Waals surface area contributed by atoms with Crippen LogP contribution >= 0.6 is 37.0 Å². The lowest BCUT2D eigenvalue weighted by Gasteiger charge is -2.04. The van der Waals surface area contributed by atoms with Gasteiger partial charge >= 0.3 is 0 Å². The topological polar surface area (TPSA) is 0 Å². The SMILES string of the molecule is CCCCCCCCCCCCSCCCCCCCCCCCC.CCCCCCCCCCCCSCCCCCCCCCCCC.S. The van der Waals surface area contributed by atoms with Crippen LogP contribution in [0.3, 0.4) is 0 Å². The second-order valence-corrected chi connectivity index (χ2v) is 18.4. The highest BCUT2D eigenvalue weighted by Crippen LogP contribution is 2.17. The maximum atomic E-state index is 2.30. The van der Waals surface area contributed by atoms with Crippen molar-refractivity contribution in [3.8, 4) is 0 Å². The monoisotopic (exact) mass is 775 g/mol. The molecular formula is C48H102S3. The van der Waals surface area contributed by atoms with Gasteiger partial charge in [-0.05, 0) is 48.7 Å². The molecule has 312 valence electrons. The molecule has 0 fully saturated rings. The van der Waals surface area contributed by atoms with Crippen molar-refractivity contribution in [2.75, 3.05) is 23.0 Å². The molecule has 0 aromatic carbocycles. The fourth-order valence-corrected chi connectivity index (χ4v) is 9.01. The van der Waals surface area contributed by atoms with Crippen LogP contribution in [-0.4, -0.2) is 23.0 Å². The van der Waals surface area contributed by atoms with Crippen LogP contribution in [0.1, 0.15) is 285 Å². The van der Waals surface area contributed by atoms with Gasteiger partial charge in [-0.2, -0.15) is 37.0 Å². The van der Waals surface area contributed by atoms with Crippen LogP contribution in [0.25, 0.3) is 0 Å². The van der Waals surface area contributed by atoms with Crippen molar-refractivity contribution >= 4 is 37.0 Å². The average Bonchev–Trinajstić information content (AvgIpc) is 3.13. The molecule has 0 N–H and O–H groups in total. The number of hydrogen-bond donors (Lipinski definition) is 0. The van der Waals surface area contributed by atoms with E-state index in [1.165, 1.54) is 280 Å². The zero-order chi connectivity index (χ0) is 36.5. The van der Waals surface area contributed by atoms with Gasteiger partial charge in [0.1, 0.15) is 0 Å². The predicted molar refractivity (Wildman–Crippen MR) is 252 cm³/mol. The molecule has 0 atom stereocenters. The maximum Gasteiger partial charge on any atom is -0.00675 e. The first-order valence-corrected chi connectivity index (χ1v) is 26.3. The highest BCUT2D eigenvalue weighted by Gasteiger charge is 1.97. The lowest BCUT2D eigenvalue weighted by atomic mass is 10.1. The minimum Gasteiger partial charge on any atom is -0.197 e. The molecule has 0 aliphatic rings. The summed E-state index contributed by atoms with van der Waals surface area (Å²) in [7, 11) is 0. The third-order valence-electron chi connectivity index (χ3n) is 10.6. The molecule has 0 aromatic rings. The van der Waals surface area contributed by atoms with Crippen molar-refractivity contribution in [3.05, 3.63) is 0 Å². The summed E-state index contributed by atoms with van der Waals surface area (Å²) in [6.45, 7) is 9.20. The van der Waals surface area contributed by atoms with E-state index in [1.54, 1.807) is 0 Å². The molecule has 0 radical (unpaired) electrons. The third-order valence-corrected chi connectivity index (χ3v) is 12.9. The van der Waals surface area contributed by atoms with Crippen LogP contribution in [0.5, 0.6) is 0 Å². The standard InChI is InChI=1S/2C24H50S.H2S/c2*1-3-5-7-9-11-13-15-17-19-21-23-25-24-22-20-18-16-14-12-10-8-6-4-2;/h2*3-24H2,1-2H3;1H2. The van der Waals surface area contributed by atoms with Gasteiger partial charge in [0.15, 0.2) is 0 Å². The molecule has 3 heteroatoms. The molecule has 0 rings (SSSR count). The second kappa shape index (κ2) is 57.8. The molecular weight excluding hydrogens is 673 g/mol. The van der Waals surface area contributed by atoms with Gasteiger partial charge in [-0.15, -0.1) is 0 Å². The fraction of sp³-hybridized carbons (Fsp3) is 1.00. The second-order valence-electron chi connectivity index (χ2n) is 16.0. The highest BCUT2D eigenvalue weighted by molar-refractivity contribution is 7.99. The van der Waals surface area contributed by atoms with Gasteiger partial charge in [0.05, 0.1) is 0 Å². The van der Waals surface area contributed by atoms with Gasteiger partial charge < -0.3 is 0 Å². The zero-order valence-electron chi connectivity index (χ0n) is 36.4. The van der Waals surface area contributed by atoms with E-state index in [9.17, 15) is 0 Å². The lowest BCUT2D eigenvalue weighted by molar-refractivity contribution is 0.562. The van der Waals surface area contributed by atoms with Crippen molar-refractivity contribution < 1.29 is 0 Å². The van der Waals surface area contributed by atoms with Gasteiger partial charge in [-0.1, -0.05) is 259 Å². The predicted octanol–water partition coefficient (Wildman–Crippen LogP) is 19.2. The van der Waals surface area contributed by atoms with Gasteiger partial charge in [0.25, 0.3) is 0 Å². The van der Waals surface area contributed by atoms with E-state index in [-0.39, 0.29) is 13.5 Å². The van der Waals surface area contributed by atoms with E-state index in [2.05, 4.69) is 51.2 Å². The van der Waals surface area contributed by atoms with Crippen molar-refractivity contribution in [2.45, 2.75) is 285 Å². The quantitative estimate of drug-likeness (QED) is 0.0566. The van der Waals surface area contributed by atoms with Crippen LogP contribution in [-0.2, 0) is 0 Å². The smallest absolute Gasteiger partial charge is 0.00675 e. The summed E-state index contributed by atoms with van der Waals surface area (Å²) in [6.07, 6.45) is 58.4. The molecule has 0 aliphatic carbocycles. The normalized spacial score (nSPS) is 11.1. The molecule has 0 aliphatic heterocycles. The summed E-state index contributed by atoms with van der Waals surface area (Å²) >= 11 is 4.42. The van der Waals surface area contributed by atoms with Crippen molar-refractivity contribution in [3.63, 3.8) is 0 Å². The maximum absolute atomic E-state index is 2.30. The van der Waals surface area contributed by atoms with E-state index >= 15 is 0 Å². The fourth-order valence-electron chi connectivity index (χ4n) is 6.97. The Balaban J connectivity index is -0.000000886. The molecule has 0 spiro atoms. The summed E-state index contributed by atoms with van der Waals surface area (Å²) in [6, 6.07) is 0. The summed E-state index contributed by atoms with van der Waals surface area (Å²) < 4.78 is 0. The van der Waals surface area contributed by atoms with Gasteiger partial charge in [0.2, 0.25) is 0 Å². The van der Waals surface area contributed by atoms with Gasteiger partial charge in [0, 0.05) is 0 Å². The Morgan fingerprint density at radius 3 is 0.431 bits per heavy atom. The van der Waals surface area contributed by atoms with E-state index in [0.717, 1.165) is 0 Å². The van der Waals surface area contributed by atoms with Crippen molar-refractivity contribution in [1.29, 1.82) is 0 Å². The number of thioether (sulfide) groups is 2. The summed E-state index contributed by atoms with van der Waals surface area (Å²) in [4.78, 5) is 0. The molecule has 0 aromatic heterocycles. The molecule has 0 amide bonds. The largest absolute Gasteiger partial charge is 0.197 e. The molecule has 0 unspecified atom stereocenters. The molecule has 51 heavy (non-hydrogen) atoms. The first-order chi connectivity index (χ1) is 24.8. The minimum absolute atomic E-state index is 0. The Hall–Kier alpha value is 1.05. The molecule has 0 saturated carbocycles. The average molecular weight is 776 g/mol. The Labute approximate surface area is 342 Å². The zero-order valence-corrected chi connectivity index (χ0v) is 39.1. The number of hydrogen-bond acceptors (Lipinski definition) is 2. The third kappa shape index (κ3) is 60.5. The summed E-state index contributed by atoms with van der Waals surface area (Å²) in [5, 5.41) is 0. The lowest BCUT2D eigenvalue weighted by Crippen LogP contribution is -1.87. The molecule has 0 bridgehead atoms. The summed E-state index contributed by atoms with van der Waals surface area (Å²) in [5.74, 6) is 5.64. The Kier molecular flexibility index (Phi) is 63.9. The van der Waals surface area contributed by atoms with Crippen molar-refractivity contribution in [2.24, 2.45) is 0 Å². The van der Waals surface area contributed by atoms with E-state index < -0.39 is 0 Å². The van der Waals surface area contributed by atoms with Crippen LogP contribution < -0.4 is 0 Å². The molecule has 0 nitrogen and oxygen atoms in total. The Morgan fingerprint density at radius 1 is 0.176 bits per heavy atom. The number of rotatable bonds is 44. The number of unbranched alkanes of at least 4 members (excludes halogenated alkanes) is 36. The highest BCUT2D eigenvalue weighted by atomic mass is 32.2. The van der Waals surface area contributed by atoms with Crippen molar-refractivity contribution in [1.82, 2.24) is 0 Å². The first kappa shape index (κ1) is 56.4. The molecule has 0 saturated heterocycles. The Bertz CT molecular complexity index is 435. The van der Waals surface area contributed by atoms with Crippen LogP contribution in [0, 0.1) is 0 Å². The van der Waals surface area contributed by atoms with Crippen LogP contribution in [0.2, 0.25) is 0 Å². The summed E-state index contributed by atoms with van der Waals surface area (Å²) in [5.41, 5.74) is 0. The van der Waals surface area contributed by atoms with E-state index in [0.29, 0.717) is 0 Å². The van der Waals surface area contributed by atoms with E-state index in [1.807, 2.05) is 0 Å². The Morgan fingerprint density at radius 2 is 0.294 bits per heavy atom. The van der Waals surface area contributed by atoms with Crippen LogP contribution in [0.4, 0.5) is 0 Å². The van der Waals surface area contributed by atoms with Crippen LogP contribution in [0.15, 0.2) is 0 Å². The van der Waals surface area contributed by atoms with Gasteiger partial charge in [-0.25, -0.2) is 0 Å². The molecule has 0 heterocycles. The first-order valence-electron chi connectivity index (χ1n) is 24.0. The minimum atomic E-state index is 0.